The average molecular weight is 296 g/mol. The van der Waals surface area contributed by atoms with Gasteiger partial charge in [-0.1, -0.05) is 19.1 Å². The van der Waals surface area contributed by atoms with Crippen LogP contribution in [0.3, 0.4) is 0 Å². The van der Waals surface area contributed by atoms with Crippen LogP contribution < -0.4 is 5.32 Å². The fourth-order valence-corrected chi connectivity index (χ4v) is 2.13. The van der Waals surface area contributed by atoms with Crippen LogP contribution in [-0.2, 0) is 11.3 Å². The third-order valence-corrected chi connectivity index (χ3v) is 3.31. The van der Waals surface area contributed by atoms with Crippen LogP contribution in [0.25, 0.3) is 11.3 Å². The zero-order valence-corrected chi connectivity index (χ0v) is 12.1. The van der Waals surface area contributed by atoms with E-state index in [0.717, 1.165) is 16.9 Å². The van der Waals surface area contributed by atoms with E-state index in [1.165, 1.54) is 6.33 Å². The summed E-state index contributed by atoms with van der Waals surface area (Å²) in [6.07, 6.45) is 6.43. The number of aromatic nitrogens is 5. The maximum absolute atomic E-state index is 12.2. The molecule has 1 aromatic carbocycles. The highest BCUT2D eigenvalue weighted by atomic mass is 16.1. The van der Waals surface area contributed by atoms with Crippen molar-refractivity contribution in [3.05, 3.63) is 49.4 Å². The minimum atomic E-state index is -0.211. The SMILES string of the molecule is CC(Cn1cncn1)C(=O)Nc1cccc(-c2cnc[nH]2)c1. The number of imidazole rings is 1. The van der Waals surface area contributed by atoms with Gasteiger partial charge in [0.1, 0.15) is 12.7 Å². The van der Waals surface area contributed by atoms with Gasteiger partial charge in [0.25, 0.3) is 0 Å². The molecule has 0 spiro atoms. The Hall–Kier alpha value is -2.96. The summed E-state index contributed by atoms with van der Waals surface area (Å²) >= 11 is 0. The van der Waals surface area contributed by atoms with E-state index in [1.807, 2.05) is 31.2 Å². The van der Waals surface area contributed by atoms with Crippen LogP contribution in [0.4, 0.5) is 5.69 Å². The van der Waals surface area contributed by atoms with Crippen LogP contribution in [0, 0.1) is 5.92 Å². The molecule has 1 atom stereocenters. The lowest BCUT2D eigenvalue weighted by molar-refractivity contribution is -0.119. The van der Waals surface area contributed by atoms with Crippen molar-refractivity contribution in [2.45, 2.75) is 13.5 Å². The number of hydrogen-bond acceptors (Lipinski definition) is 4. The lowest BCUT2D eigenvalue weighted by atomic mass is 10.1. The lowest BCUT2D eigenvalue weighted by Crippen LogP contribution is -2.24. The second kappa shape index (κ2) is 6.21. The van der Waals surface area contributed by atoms with Gasteiger partial charge >= 0.3 is 0 Å². The number of anilines is 1. The molecule has 3 aromatic rings. The largest absolute Gasteiger partial charge is 0.345 e. The minimum absolute atomic E-state index is 0.0581. The van der Waals surface area contributed by atoms with Crippen molar-refractivity contribution >= 4 is 11.6 Å². The number of hydrogen-bond donors (Lipinski definition) is 2. The molecule has 0 saturated heterocycles. The van der Waals surface area contributed by atoms with Crippen molar-refractivity contribution in [3.8, 4) is 11.3 Å². The first-order valence-electron chi connectivity index (χ1n) is 6.94. The third kappa shape index (κ3) is 3.20. The van der Waals surface area contributed by atoms with E-state index in [9.17, 15) is 4.79 Å². The van der Waals surface area contributed by atoms with E-state index in [1.54, 1.807) is 23.5 Å². The number of amides is 1. The fraction of sp³-hybridized carbons (Fsp3) is 0.200. The van der Waals surface area contributed by atoms with Gasteiger partial charge in [0.15, 0.2) is 0 Å². The summed E-state index contributed by atoms with van der Waals surface area (Å²) in [5, 5.41) is 6.93. The highest BCUT2D eigenvalue weighted by Crippen LogP contribution is 2.20. The Bertz CT molecular complexity index is 735. The molecule has 2 N–H and O–H groups in total. The van der Waals surface area contributed by atoms with E-state index in [0.29, 0.717) is 6.54 Å². The molecule has 0 aliphatic rings. The molecule has 0 bridgehead atoms. The normalized spacial score (nSPS) is 12.0. The molecule has 1 amide bonds. The molecular formula is C15H16N6O. The van der Waals surface area contributed by atoms with Gasteiger partial charge in [-0.2, -0.15) is 5.10 Å². The summed E-state index contributed by atoms with van der Waals surface area (Å²) < 4.78 is 1.64. The number of rotatable bonds is 5. The first-order chi connectivity index (χ1) is 10.7. The molecule has 7 heteroatoms. The summed E-state index contributed by atoms with van der Waals surface area (Å²) in [6, 6.07) is 7.63. The summed E-state index contributed by atoms with van der Waals surface area (Å²) in [4.78, 5) is 23.2. The number of nitrogens with one attached hydrogen (secondary N) is 2. The number of aromatic amines is 1. The molecule has 112 valence electrons. The molecule has 0 aliphatic heterocycles. The zero-order chi connectivity index (χ0) is 15.4. The average Bonchev–Trinajstić information content (AvgIpc) is 3.21. The molecule has 22 heavy (non-hydrogen) atoms. The smallest absolute Gasteiger partial charge is 0.229 e. The molecule has 7 nitrogen and oxygen atoms in total. The van der Waals surface area contributed by atoms with Gasteiger partial charge < -0.3 is 10.3 Å². The van der Waals surface area contributed by atoms with Crippen LogP contribution in [0.2, 0.25) is 0 Å². The molecule has 2 heterocycles. The van der Waals surface area contributed by atoms with Gasteiger partial charge in [-0.15, -0.1) is 0 Å². The molecule has 0 aliphatic carbocycles. The standard InChI is InChI=1S/C15H16N6O/c1-11(7-21-10-17-9-19-21)15(22)20-13-4-2-3-12(5-13)14-6-16-8-18-14/h2-6,8-11H,7H2,1H3,(H,16,18)(H,20,22). The molecule has 1 unspecified atom stereocenters. The maximum Gasteiger partial charge on any atom is 0.229 e. The molecule has 3 rings (SSSR count). The van der Waals surface area contributed by atoms with Gasteiger partial charge in [0.05, 0.1) is 30.7 Å². The maximum atomic E-state index is 12.2. The van der Waals surface area contributed by atoms with Crippen molar-refractivity contribution < 1.29 is 4.79 Å². The van der Waals surface area contributed by atoms with E-state index in [-0.39, 0.29) is 11.8 Å². The number of H-pyrrole nitrogens is 1. The summed E-state index contributed by atoms with van der Waals surface area (Å²) in [6.45, 7) is 2.35. The quantitative estimate of drug-likeness (QED) is 0.753. The molecule has 0 saturated carbocycles. The minimum Gasteiger partial charge on any atom is -0.345 e. The Labute approximate surface area is 127 Å². The molecular weight excluding hydrogens is 280 g/mol. The van der Waals surface area contributed by atoms with Crippen LogP contribution in [0.1, 0.15) is 6.92 Å². The fourth-order valence-electron chi connectivity index (χ4n) is 2.13. The predicted molar refractivity (Wildman–Crippen MR) is 81.8 cm³/mol. The third-order valence-electron chi connectivity index (χ3n) is 3.31. The van der Waals surface area contributed by atoms with E-state index in [4.69, 9.17) is 0 Å². The van der Waals surface area contributed by atoms with Gasteiger partial charge in [-0.3, -0.25) is 9.48 Å². The molecule has 2 aromatic heterocycles. The predicted octanol–water partition coefficient (Wildman–Crippen LogP) is 1.94. The van der Waals surface area contributed by atoms with Gasteiger partial charge in [-0.25, -0.2) is 9.97 Å². The van der Waals surface area contributed by atoms with Crippen LogP contribution in [0.15, 0.2) is 49.4 Å². The Morgan fingerprint density at radius 3 is 3.05 bits per heavy atom. The van der Waals surface area contributed by atoms with Crippen LogP contribution in [-0.4, -0.2) is 30.6 Å². The monoisotopic (exact) mass is 296 g/mol. The van der Waals surface area contributed by atoms with Gasteiger partial charge in [0, 0.05) is 11.3 Å². The highest BCUT2D eigenvalue weighted by Gasteiger charge is 2.14. The van der Waals surface area contributed by atoms with Crippen molar-refractivity contribution in [3.63, 3.8) is 0 Å². The van der Waals surface area contributed by atoms with Crippen LogP contribution >= 0.6 is 0 Å². The van der Waals surface area contributed by atoms with Crippen molar-refractivity contribution in [1.82, 2.24) is 24.7 Å². The first-order valence-corrected chi connectivity index (χ1v) is 6.94. The number of carbonyl (C=O) groups excluding carboxylic acids is 1. The van der Waals surface area contributed by atoms with Gasteiger partial charge in [0.2, 0.25) is 5.91 Å². The number of benzene rings is 1. The zero-order valence-electron chi connectivity index (χ0n) is 12.1. The second-order valence-electron chi connectivity index (χ2n) is 5.05. The Morgan fingerprint density at radius 1 is 1.41 bits per heavy atom. The molecule has 0 fully saturated rings. The lowest BCUT2D eigenvalue weighted by Gasteiger charge is -2.12. The Morgan fingerprint density at radius 2 is 2.32 bits per heavy atom. The molecule has 0 radical (unpaired) electrons. The number of nitrogens with zero attached hydrogens (tertiary/aromatic N) is 4. The Balaban J connectivity index is 1.67. The first kappa shape index (κ1) is 14.0. The Kier molecular flexibility index (Phi) is 3.95. The second-order valence-corrected chi connectivity index (χ2v) is 5.05. The van der Waals surface area contributed by atoms with E-state index < -0.39 is 0 Å². The summed E-state index contributed by atoms with van der Waals surface area (Å²) in [7, 11) is 0. The number of carbonyl (C=O) groups is 1. The summed E-state index contributed by atoms with van der Waals surface area (Å²) in [5.74, 6) is -0.269. The van der Waals surface area contributed by atoms with Gasteiger partial charge in [-0.05, 0) is 12.1 Å². The van der Waals surface area contributed by atoms with Crippen LogP contribution in [0.5, 0.6) is 0 Å². The highest BCUT2D eigenvalue weighted by molar-refractivity contribution is 5.92. The van der Waals surface area contributed by atoms with Crippen molar-refractivity contribution in [2.24, 2.45) is 5.92 Å². The van der Waals surface area contributed by atoms with Crippen molar-refractivity contribution in [1.29, 1.82) is 0 Å². The topological polar surface area (TPSA) is 88.5 Å². The van der Waals surface area contributed by atoms with E-state index >= 15 is 0 Å². The summed E-state index contributed by atoms with van der Waals surface area (Å²) in [5.41, 5.74) is 2.63. The van der Waals surface area contributed by atoms with Crippen molar-refractivity contribution in [2.75, 3.05) is 5.32 Å². The van der Waals surface area contributed by atoms with E-state index in [2.05, 4.69) is 25.4 Å².